The zero-order valence-electron chi connectivity index (χ0n) is 18.1. The molecule has 1 aliphatic carbocycles. The van der Waals surface area contributed by atoms with Gasteiger partial charge < -0.3 is 4.90 Å². The maximum absolute atomic E-state index is 13.6. The van der Waals surface area contributed by atoms with Crippen LogP contribution in [0.1, 0.15) is 57.3 Å². The quantitative estimate of drug-likeness (QED) is 0.527. The van der Waals surface area contributed by atoms with Gasteiger partial charge in [-0.2, -0.15) is 0 Å². The maximum atomic E-state index is 13.6. The molecule has 0 bridgehead atoms. The second-order valence-electron chi connectivity index (χ2n) is 8.32. The van der Waals surface area contributed by atoms with Crippen LogP contribution in [0.3, 0.4) is 0 Å². The van der Waals surface area contributed by atoms with Gasteiger partial charge in [0, 0.05) is 18.0 Å². The first-order chi connectivity index (χ1) is 15.0. The summed E-state index contributed by atoms with van der Waals surface area (Å²) in [6, 6.07) is 14.2. The third kappa shape index (κ3) is 4.24. The van der Waals surface area contributed by atoms with Gasteiger partial charge in [-0.1, -0.05) is 56.0 Å². The molecule has 4 rings (SSSR count). The predicted molar refractivity (Wildman–Crippen MR) is 125 cm³/mol. The Hall–Kier alpha value is -2.66. The Balaban J connectivity index is 1.87. The van der Waals surface area contributed by atoms with Gasteiger partial charge in [0.05, 0.1) is 22.6 Å². The monoisotopic (exact) mass is 437 g/mol. The molecule has 1 saturated carbocycles. The summed E-state index contributed by atoms with van der Waals surface area (Å²) in [5, 5.41) is 1.09. The van der Waals surface area contributed by atoms with Crippen LogP contribution in [0.15, 0.2) is 53.3 Å². The molecule has 2 aromatic carbocycles. The van der Waals surface area contributed by atoms with Gasteiger partial charge in [0.1, 0.15) is 5.82 Å². The maximum Gasteiger partial charge on any atom is 0.266 e. The summed E-state index contributed by atoms with van der Waals surface area (Å²) in [4.78, 5) is 33.6. The number of amides is 1. The standard InChI is InChI=1S/C25H28ClN3O2/c1-3-22(28(2)24(30)17-10-5-4-6-11-17)23-27-21-15-8-7-14-20(21)25(31)29(23)19-13-9-12-18(26)16-19/h7-9,12-17,22H,3-6,10-11H2,1-2H3. The number of aromatic nitrogens is 2. The molecule has 0 aliphatic heterocycles. The van der Waals surface area contributed by atoms with E-state index >= 15 is 0 Å². The Labute approximate surface area is 187 Å². The zero-order chi connectivity index (χ0) is 22.0. The second kappa shape index (κ2) is 9.23. The van der Waals surface area contributed by atoms with E-state index in [-0.39, 0.29) is 23.4 Å². The number of nitrogens with zero attached hydrogens (tertiary/aromatic N) is 3. The summed E-state index contributed by atoms with van der Waals surface area (Å²) in [5.41, 5.74) is 1.14. The van der Waals surface area contributed by atoms with E-state index in [1.807, 2.05) is 44.3 Å². The van der Waals surface area contributed by atoms with Crippen LogP contribution in [0.2, 0.25) is 5.02 Å². The number of halogens is 1. The van der Waals surface area contributed by atoms with E-state index in [0.717, 1.165) is 25.7 Å². The van der Waals surface area contributed by atoms with Crippen LogP contribution < -0.4 is 5.56 Å². The lowest BCUT2D eigenvalue weighted by molar-refractivity contribution is -0.137. The van der Waals surface area contributed by atoms with E-state index in [4.69, 9.17) is 16.6 Å². The van der Waals surface area contributed by atoms with Crippen molar-refractivity contribution >= 4 is 28.4 Å². The van der Waals surface area contributed by atoms with E-state index in [2.05, 4.69) is 0 Å². The first-order valence-corrected chi connectivity index (χ1v) is 11.4. The van der Waals surface area contributed by atoms with E-state index in [1.165, 1.54) is 6.42 Å². The highest BCUT2D eigenvalue weighted by molar-refractivity contribution is 6.30. The van der Waals surface area contributed by atoms with Crippen LogP contribution in [-0.4, -0.2) is 27.4 Å². The summed E-state index contributed by atoms with van der Waals surface area (Å²) in [5.74, 6) is 0.770. The highest BCUT2D eigenvalue weighted by Crippen LogP contribution is 2.30. The molecule has 1 unspecified atom stereocenters. The van der Waals surface area contributed by atoms with Crippen molar-refractivity contribution in [3.8, 4) is 5.69 Å². The molecule has 5 nitrogen and oxygen atoms in total. The molecule has 0 N–H and O–H groups in total. The fourth-order valence-corrected chi connectivity index (χ4v) is 4.84. The second-order valence-corrected chi connectivity index (χ2v) is 8.75. The van der Waals surface area contributed by atoms with E-state index in [9.17, 15) is 9.59 Å². The third-order valence-electron chi connectivity index (χ3n) is 6.32. The predicted octanol–water partition coefficient (Wildman–Crippen LogP) is 5.53. The van der Waals surface area contributed by atoms with Crippen molar-refractivity contribution in [2.45, 2.75) is 51.5 Å². The number of carbonyl (C=O) groups is 1. The number of hydrogen-bond donors (Lipinski definition) is 0. The third-order valence-corrected chi connectivity index (χ3v) is 6.56. The molecule has 1 fully saturated rings. The molecule has 162 valence electrons. The van der Waals surface area contributed by atoms with Crippen molar-refractivity contribution in [2.24, 2.45) is 5.92 Å². The Morgan fingerprint density at radius 1 is 1.16 bits per heavy atom. The van der Waals surface area contributed by atoms with E-state index in [0.29, 0.717) is 33.9 Å². The summed E-state index contributed by atoms with van der Waals surface area (Å²) >= 11 is 6.25. The number of benzene rings is 2. The molecule has 1 atom stereocenters. The van der Waals surface area contributed by atoms with Gasteiger partial charge in [0.15, 0.2) is 0 Å². The summed E-state index contributed by atoms with van der Waals surface area (Å²) in [7, 11) is 1.84. The summed E-state index contributed by atoms with van der Waals surface area (Å²) in [6.45, 7) is 2.03. The van der Waals surface area contributed by atoms with Crippen LogP contribution in [0.25, 0.3) is 16.6 Å². The lowest BCUT2D eigenvalue weighted by Gasteiger charge is -2.33. The van der Waals surface area contributed by atoms with Gasteiger partial charge in [-0.05, 0) is 49.6 Å². The molecule has 0 saturated heterocycles. The molecule has 31 heavy (non-hydrogen) atoms. The number of carbonyl (C=O) groups excluding carboxylic acids is 1. The van der Waals surface area contributed by atoms with Crippen LogP contribution in [0.5, 0.6) is 0 Å². The van der Waals surface area contributed by atoms with Crippen LogP contribution in [-0.2, 0) is 4.79 Å². The lowest BCUT2D eigenvalue weighted by atomic mass is 9.88. The van der Waals surface area contributed by atoms with Crippen molar-refractivity contribution in [3.05, 3.63) is 69.7 Å². The normalized spacial score (nSPS) is 15.7. The number of hydrogen-bond acceptors (Lipinski definition) is 3. The SMILES string of the molecule is CCC(c1nc2ccccc2c(=O)n1-c1cccc(Cl)c1)N(C)C(=O)C1CCCCC1. The van der Waals surface area contributed by atoms with E-state index in [1.54, 1.807) is 27.7 Å². The number of rotatable bonds is 5. The molecule has 1 amide bonds. The van der Waals surface area contributed by atoms with Crippen molar-refractivity contribution in [1.29, 1.82) is 0 Å². The molecule has 0 spiro atoms. The average Bonchev–Trinajstić information content (AvgIpc) is 2.80. The highest BCUT2D eigenvalue weighted by Gasteiger charge is 2.31. The minimum atomic E-state index is -0.314. The topological polar surface area (TPSA) is 55.2 Å². The molecular formula is C25H28ClN3O2. The number of para-hydroxylation sites is 1. The zero-order valence-corrected chi connectivity index (χ0v) is 18.8. The van der Waals surface area contributed by atoms with Crippen molar-refractivity contribution in [2.75, 3.05) is 7.05 Å². The Kier molecular flexibility index (Phi) is 6.42. The summed E-state index contributed by atoms with van der Waals surface area (Å²) in [6.07, 6.45) is 5.92. The largest absolute Gasteiger partial charge is 0.335 e. The van der Waals surface area contributed by atoms with Crippen molar-refractivity contribution in [3.63, 3.8) is 0 Å². The highest BCUT2D eigenvalue weighted by atomic mass is 35.5. The van der Waals surface area contributed by atoms with Crippen molar-refractivity contribution < 1.29 is 4.79 Å². The Bertz CT molecular complexity index is 1150. The Morgan fingerprint density at radius 2 is 1.90 bits per heavy atom. The Morgan fingerprint density at radius 3 is 2.61 bits per heavy atom. The minimum Gasteiger partial charge on any atom is -0.335 e. The molecule has 3 aromatic rings. The van der Waals surface area contributed by atoms with E-state index < -0.39 is 0 Å². The molecule has 6 heteroatoms. The number of fused-ring (bicyclic) bond motifs is 1. The fraction of sp³-hybridized carbons (Fsp3) is 0.400. The van der Waals surface area contributed by atoms with Crippen molar-refractivity contribution in [1.82, 2.24) is 14.5 Å². The van der Waals surface area contributed by atoms with Gasteiger partial charge in [0.2, 0.25) is 5.91 Å². The fourth-order valence-electron chi connectivity index (χ4n) is 4.66. The molecular weight excluding hydrogens is 410 g/mol. The van der Waals surface area contributed by atoms with Gasteiger partial charge in [-0.25, -0.2) is 4.98 Å². The smallest absolute Gasteiger partial charge is 0.266 e. The van der Waals surface area contributed by atoms with Gasteiger partial charge >= 0.3 is 0 Å². The molecule has 1 heterocycles. The lowest BCUT2D eigenvalue weighted by Crippen LogP contribution is -2.39. The van der Waals surface area contributed by atoms with Crippen LogP contribution in [0, 0.1) is 5.92 Å². The first kappa shape index (κ1) is 21.6. The van der Waals surface area contributed by atoms with Crippen LogP contribution in [0.4, 0.5) is 0 Å². The van der Waals surface area contributed by atoms with Crippen LogP contribution >= 0.6 is 11.6 Å². The van der Waals surface area contributed by atoms with Gasteiger partial charge in [0.25, 0.3) is 5.56 Å². The molecule has 1 aromatic heterocycles. The minimum absolute atomic E-state index is 0.0552. The summed E-state index contributed by atoms with van der Waals surface area (Å²) < 4.78 is 1.62. The van der Waals surface area contributed by atoms with Gasteiger partial charge in [-0.15, -0.1) is 0 Å². The first-order valence-electron chi connectivity index (χ1n) is 11.1. The van der Waals surface area contributed by atoms with Gasteiger partial charge in [-0.3, -0.25) is 14.2 Å². The molecule has 0 radical (unpaired) electrons. The average molecular weight is 438 g/mol. The molecule has 1 aliphatic rings.